The summed E-state index contributed by atoms with van der Waals surface area (Å²) in [6.07, 6.45) is 3.88. The van der Waals surface area contributed by atoms with Crippen LogP contribution < -0.4 is 0 Å². The van der Waals surface area contributed by atoms with Gasteiger partial charge >= 0.3 is 0 Å². The zero-order chi connectivity index (χ0) is 18.1. The molecule has 0 spiro atoms. The van der Waals surface area contributed by atoms with Crippen molar-refractivity contribution < 1.29 is 12.9 Å². The van der Waals surface area contributed by atoms with Crippen molar-refractivity contribution >= 4 is 21.1 Å². The summed E-state index contributed by atoms with van der Waals surface area (Å²) in [5.74, 6) is 1.26. The lowest BCUT2D eigenvalue weighted by Gasteiger charge is -2.32. The van der Waals surface area contributed by atoms with Crippen molar-refractivity contribution in [2.45, 2.75) is 24.8 Å². The van der Waals surface area contributed by atoms with E-state index in [0.29, 0.717) is 55.5 Å². The molecule has 4 rings (SSSR count). The van der Waals surface area contributed by atoms with Crippen LogP contribution in [-0.4, -0.2) is 63.9 Å². The highest BCUT2D eigenvalue weighted by Crippen LogP contribution is 2.25. The van der Waals surface area contributed by atoms with Crippen molar-refractivity contribution in [1.82, 2.24) is 29.3 Å². The summed E-state index contributed by atoms with van der Waals surface area (Å²) < 4.78 is 32.7. The number of hydrogen-bond acceptors (Lipinski definition) is 7. The highest BCUT2D eigenvalue weighted by molar-refractivity contribution is 7.89. The van der Waals surface area contributed by atoms with Crippen molar-refractivity contribution in [3.63, 3.8) is 0 Å². The van der Waals surface area contributed by atoms with Crippen LogP contribution in [0.3, 0.4) is 0 Å². The van der Waals surface area contributed by atoms with E-state index < -0.39 is 10.0 Å². The maximum atomic E-state index is 13.0. The van der Waals surface area contributed by atoms with Gasteiger partial charge in [-0.15, -0.1) is 0 Å². The molecule has 26 heavy (non-hydrogen) atoms. The lowest BCUT2D eigenvalue weighted by atomic mass is 10.3. The van der Waals surface area contributed by atoms with Crippen molar-refractivity contribution in [3.05, 3.63) is 36.2 Å². The number of H-pyrrole nitrogens is 1. The molecule has 9 nitrogen and oxygen atoms in total. The van der Waals surface area contributed by atoms with Gasteiger partial charge < -0.3 is 9.51 Å². The molecule has 0 aliphatic carbocycles. The van der Waals surface area contributed by atoms with Crippen LogP contribution in [0.15, 0.2) is 33.9 Å². The molecule has 0 saturated carbocycles. The normalized spacial score (nSPS) is 17.1. The van der Waals surface area contributed by atoms with Crippen LogP contribution in [0.1, 0.15) is 18.6 Å². The number of piperazine rings is 1. The van der Waals surface area contributed by atoms with Gasteiger partial charge in [0.1, 0.15) is 10.5 Å². The standard InChI is InChI=1S/C16H20N6O3S/c1-2-14-19-15(25-20-14)11-21-6-8-22(9-7-21)26(23,24)13-10-18-16-12(13)4-3-5-17-16/h3-5,10H,2,6-9,11H2,1H3,(H,17,18). The Morgan fingerprint density at radius 2 is 2.08 bits per heavy atom. The Hall–Kier alpha value is -2.30. The van der Waals surface area contributed by atoms with Gasteiger partial charge in [-0.25, -0.2) is 13.4 Å². The second-order valence-corrected chi connectivity index (χ2v) is 8.10. The zero-order valence-corrected chi connectivity index (χ0v) is 15.2. The van der Waals surface area contributed by atoms with Crippen LogP contribution in [0.25, 0.3) is 11.0 Å². The van der Waals surface area contributed by atoms with E-state index in [1.54, 1.807) is 18.3 Å². The van der Waals surface area contributed by atoms with E-state index in [1.165, 1.54) is 10.5 Å². The quantitative estimate of drug-likeness (QED) is 0.708. The number of aryl methyl sites for hydroxylation is 1. The molecule has 0 atom stereocenters. The van der Waals surface area contributed by atoms with Crippen molar-refractivity contribution in [2.75, 3.05) is 26.2 Å². The Kier molecular flexibility index (Phi) is 4.47. The Morgan fingerprint density at radius 3 is 2.81 bits per heavy atom. The Balaban J connectivity index is 1.45. The van der Waals surface area contributed by atoms with E-state index >= 15 is 0 Å². The number of nitrogens with zero attached hydrogens (tertiary/aromatic N) is 5. The summed E-state index contributed by atoms with van der Waals surface area (Å²) in [5.41, 5.74) is 0.577. The molecule has 3 aromatic rings. The van der Waals surface area contributed by atoms with E-state index in [4.69, 9.17) is 4.52 Å². The fraction of sp³-hybridized carbons (Fsp3) is 0.438. The van der Waals surface area contributed by atoms with Crippen LogP contribution in [0.5, 0.6) is 0 Å². The van der Waals surface area contributed by atoms with Crippen LogP contribution in [0, 0.1) is 0 Å². The first kappa shape index (κ1) is 17.1. The fourth-order valence-corrected chi connectivity index (χ4v) is 4.67. The number of hydrogen-bond donors (Lipinski definition) is 1. The molecule has 0 radical (unpaired) electrons. The Labute approximate surface area is 151 Å². The predicted molar refractivity (Wildman–Crippen MR) is 93.8 cm³/mol. The molecule has 3 aromatic heterocycles. The maximum absolute atomic E-state index is 13.0. The minimum absolute atomic E-state index is 0.276. The number of pyridine rings is 1. The van der Waals surface area contributed by atoms with Crippen LogP contribution >= 0.6 is 0 Å². The van der Waals surface area contributed by atoms with Gasteiger partial charge in [0.25, 0.3) is 0 Å². The number of nitrogens with one attached hydrogen (secondary N) is 1. The largest absolute Gasteiger partial charge is 0.345 e. The van der Waals surface area contributed by atoms with Gasteiger partial charge in [-0.2, -0.15) is 9.29 Å². The van der Waals surface area contributed by atoms with Gasteiger partial charge in [-0.05, 0) is 12.1 Å². The zero-order valence-electron chi connectivity index (χ0n) is 14.4. The van der Waals surface area contributed by atoms with Gasteiger partial charge in [0.15, 0.2) is 5.82 Å². The number of rotatable bonds is 5. The van der Waals surface area contributed by atoms with Crippen molar-refractivity contribution in [1.29, 1.82) is 0 Å². The Morgan fingerprint density at radius 1 is 1.27 bits per heavy atom. The van der Waals surface area contributed by atoms with Gasteiger partial charge in [0.05, 0.1) is 6.54 Å². The second kappa shape index (κ2) is 6.78. The van der Waals surface area contributed by atoms with E-state index in [0.717, 1.165) is 6.42 Å². The van der Waals surface area contributed by atoms with E-state index in [1.807, 2.05) is 6.92 Å². The molecule has 138 valence electrons. The average molecular weight is 376 g/mol. The molecule has 0 unspecified atom stereocenters. The molecule has 0 bridgehead atoms. The first-order valence-corrected chi connectivity index (χ1v) is 9.98. The van der Waals surface area contributed by atoms with Gasteiger partial charge in [-0.1, -0.05) is 12.1 Å². The SMILES string of the molecule is CCc1noc(CN2CCN(S(=O)(=O)c3c[nH]c4ncccc34)CC2)n1. The van der Waals surface area contributed by atoms with Crippen LogP contribution in [0.2, 0.25) is 0 Å². The molecule has 4 heterocycles. The summed E-state index contributed by atoms with van der Waals surface area (Å²) in [7, 11) is -3.56. The molecule has 0 amide bonds. The van der Waals surface area contributed by atoms with Crippen molar-refractivity contribution in [2.24, 2.45) is 0 Å². The minimum atomic E-state index is -3.56. The minimum Gasteiger partial charge on any atom is -0.345 e. The maximum Gasteiger partial charge on any atom is 0.245 e. The van der Waals surface area contributed by atoms with E-state index in [2.05, 4.69) is 25.0 Å². The summed E-state index contributed by atoms with van der Waals surface area (Å²) in [6.45, 7) is 4.58. The first-order valence-electron chi connectivity index (χ1n) is 8.54. The third-order valence-corrected chi connectivity index (χ3v) is 6.49. The molecule has 1 aliphatic rings. The third-order valence-electron chi connectivity index (χ3n) is 4.55. The molecular weight excluding hydrogens is 356 g/mol. The highest BCUT2D eigenvalue weighted by Gasteiger charge is 2.31. The smallest absolute Gasteiger partial charge is 0.245 e. The number of sulfonamides is 1. The van der Waals surface area contributed by atoms with E-state index in [-0.39, 0.29) is 4.90 Å². The first-order chi connectivity index (χ1) is 12.6. The molecular formula is C16H20N6O3S. The number of aromatic amines is 1. The number of fused-ring (bicyclic) bond motifs is 1. The summed E-state index contributed by atoms with van der Waals surface area (Å²) in [4.78, 5) is 13.8. The Bertz CT molecular complexity index is 1000. The molecule has 1 aliphatic heterocycles. The second-order valence-electron chi connectivity index (χ2n) is 6.19. The monoisotopic (exact) mass is 376 g/mol. The van der Waals surface area contributed by atoms with Gasteiger partial charge in [0.2, 0.25) is 15.9 Å². The molecule has 1 fully saturated rings. The molecule has 1 N–H and O–H groups in total. The molecule has 10 heteroatoms. The van der Waals surface area contributed by atoms with Crippen LogP contribution in [-0.2, 0) is 23.0 Å². The van der Waals surface area contributed by atoms with Crippen molar-refractivity contribution in [3.8, 4) is 0 Å². The summed E-state index contributed by atoms with van der Waals surface area (Å²) in [5, 5.41) is 4.51. The van der Waals surface area contributed by atoms with E-state index in [9.17, 15) is 8.42 Å². The summed E-state index contributed by atoms with van der Waals surface area (Å²) in [6, 6.07) is 3.50. The van der Waals surface area contributed by atoms with Crippen LogP contribution in [0.4, 0.5) is 0 Å². The fourth-order valence-electron chi connectivity index (χ4n) is 3.10. The molecule has 0 aromatic carbocycles. The van der Waals surface area contributed by atoms with Gasteiger partial charge in [0, 0.05) is 50.4 Å². The highest BCUT2D eigenvalue weighted by atomic mass is 32.2. The molecule has 1 saturated heterocycles. The average Bonchev–Trinajstić information content (AvgIpc) is 3.29. The number of aromatic nitrogens is 4. The predicted octanol–water partition coefficient (Wildman–Crippen LogP) is 1.01. The lowest BCUT2D eigenvalue weighted by molar-refractivity contribution is 0.163. The third kappa shape index (κ3) is 3.11. The summed E-state index contributed by atoms with van der Waals surface area (Å²) >= 11 is 0. The van der Waals surface area contributed by atoms with Gasteiger partial charge in [-0.3, -0.25) is 4.90 Å². The lowest BCUT2D eigenvalue weighted by Crippen LogP contribution is -2.48. The topological polar surface area (TPSA) is 108 Å².